The van der Waals surface area contributed by atoms with Crippen LogP contribution in [0.2, 0.25) is 0 Å². The highest BCUT2D eigenvalue weighted by Gasteiger charge is 2.13. The minimum atomic E-state index is -0.386. The molecule has 0 saturated heterocycles. The lowest BCUT2D eigenvalue weighted by molar-refractivity contribution is 0.112. The third-order valence-corrected chi connectivity index (χ3v) is 3.19. The number of hydrogen-bond donors (Lipinski definition) is 0. The molecule has 0 bridgehead atoms. The van der Waals surface area contributed by atoms with E-state index in [9.17, 15) is 9.18 Å². The molecular formula is C17H18FNO. The molecule has 2 aromatic rings. The van der Waals surface area contributed by atoms with Crippen LogP contribution in [0.4, 0.5) is 10.1 Å². The predicted octanol–water partition coefficient (Wildman–Crippen LogP) is 4.05. The molecule has 0 unspecified atom stereocenters. The first kappa shape index (κ1) is 14.3. The first-order valence-corrected chi connectivity index (χ1v) is 6.66. The number of aldehydes is 1. The Morgan fingerprint density at radius 3 is 2.45 bits per heavy atom. The second-order valence-corrected chi connectivity index (χ2v) is 5.07. The summed E-state index contributed by atoms with van der Waals surface area (Å²) in [5.41, 5.74) is 2.24. The van der Waals surface area contributed by atoms with E-state index in [1.165, 1.54) is 12.1 Å². The van der Waals surface area contributed by atoms with E-state index in [0.717, 1.165) is 11.3 Å². The smallest absolute Gasteiger partial charge is 0.150 e. The molecule has 104 valence electrons. The summed E-state index contributed by atoms with van der Waals surface area (Å²) in [6, 6.07) is 14.6. The molecule has 0 N–H and O–H groups in total. The zero-order valence-corrected chi connectivity index (χ0v) is 11.7. The van der Waals surface area contributed by atoms with Gasteiger partial charge in [0.15, 0.2) is 0 Å². The molecule has 20 heavy (non-hydrogen) atoms. The molecule has 0 atom stereocenters. The van der Waals surface area contributed by atoms with Gasteiger partial charge < -0.3 is 4.90 Å². The van der Waals surface area contributed by atoms with Crippen LogP contribution in [0.1, 0.15) is 29.8 Å². The lowest BCUT2D eigenvalue weighted by atomic mass is 10.1. The van der Waals surface area contributed by atoms with Crippen molar-refractivity contribution in [2.75, 3.05) is 4.90 Å². The third kappa shape index (κ3) is 3.44. The van der Waals surface area contributed by atoms with Crippen LogP contribution in [0.5, 0.6) is 0 Å². The van der Waals surface area contributed by atoms with Gasteiger partial charge >= 0.3 is 0 Å². The highest BCUT2D eigenvalue weighted by molar-refractivity contribution is 5.77. The van der Waals surface area contributed by atoms with E-state index in [1.807, 2.05) is 30.3 Å². The number of carbonyl (C=O) groups is 1. The fourth-order valence-electron chi connectivity index (χ4n) is 2.18. The molecule has 2 nitrogen and oxygen atoms in total. The first-order valence-electron chi connectivity index (χ1n) is 6.66. The Morgan fingerprint density at radius 2 is 1.85 bits per heavy atom. The Balaban J connectivity index is 2.33. The van der Waals surface area contributed by atoms with Crippen LogP contribution in [-0.4, -0.2) is 12.3 Å². The van der Waals surface area contributed by atoms with Gasteiger partial charge in [-0.05, 0) is 37.6 Å². The normalized spacial score (nSPS) is 10.6. The van der Waals surface area contributed by atoms with Crippen LogP contribution in [0, 0.1) is 5.82 Å². The van der Waals surface area contributed by atoms with Crippen LogP contribution in [0.25, 0.3) is 0 Å². The van der Waals surface area contributed by atoms with Crippen molar-refractivity contribution in [3.05, 3.63) is 65.5 Å². The molecule has 0 aliphatic carbocycles. The van der Waals surface area contributed by atoms with Crippen molar-refractivity contribution in [2.45, 2.75) is 26.4 Å². The zero-order chi connectivity index (χ0) is 14.5. The standard InChI is InChI=1S/C17H18FNO/c1-13(2)19(11-14-6-4-3-5-7-14)17-9-15(12-20)8-16(18)10-17/h3-10,12-13H,11H2,1-2H3. The maximum atomic E-state index is 13.6. The summed E-state index contributed by atoms with van der Waals surface area (Å²) in [7, 11) is 0. The highest BCUT2D eigenvalue weighted by Crippen LogP contribution is 2.22. The van der Waals surface area contributed by atoms with Crippen molar-refractivity contribution in [3.8, 4) is 0 Å². The number of halogens is 1. The van der Waals surface area contributed by atoms with Crippen LogP contribution in [-0.2, 0) is 6.54 Å². The van der Waals surface area contributed by atoms with E-state index >= 15 is 0 Å². The summed E-state index contributed by atoms with van der Waals surface area (Å²) in [4.78, 5) is 13.0. The molecule has 0 aliphatic rings. The average Bonchev–Trinajstić information content (AvgIpc) is 2.44. The van der Waals surface area contributed by atoms with Gasteiger partial charge in [0.2, 0.25) is 0 Å². The van der Waals surface area contributed by atoms with Crippen molar-refractivity contribution in [3.63, 3.8) is 0 Å². The van der Waals surface area contributed by atoms with Crippen molar-refractivity contribution >= 4 is 12.0 Å². The summed E-state index contributed by atoms with van der Waals surface area (Å²) >= 11 is 0. The summed E-state index contributed by atoms with van der Waals surface area (Å²) in [5.74, 6) is -0.386. The molecule has 2 aromatic carbocycles. The van der Waals surface area contributed by atoms with Crippen molar-refractivity contribution in [1.29, 1.82) is 0 Å². The average molecular weight is 271 g/mol. The lowest BCUT2D eigenvalue weighted by Crippen LogP contribution is -2.30. The van der Waals surface area contributed by atoms with E-state index in [2.05, 4.69) is 18.7 Å². The summed E-state index contributed by atoms with van der Waals surface area (Å²) in [5, 5.41) is 0. The maximum Gasteiger partial charge on any atom is 0.150 e. The van der Waals surface area contributed by atoms with Gasteiger partial charge in [-0.15, -0.1) is 0 Å². The second-order valence-electron chi connectivity index (χ2n) is 5.07. The largest absolute Gasteiger partial charge is 0.365 e. The quantitative estimate of drug-likeness (QED) is 0.764. The first-order chi connectivity index (χ1) is 9.60. The molecule has 0 spiro atoms. The van der Waals surface area contributed by atoms with Gasteiger partial charge in [0.1, 0.15) is 12.1 Å². The van der Waals surface area contributed by atoms with Crippen molar-refractivity contribution in [2.24, 2.45) is 0 Å². The van der Waals surface area contributed by atoms with Crippen molar-refractivity contribution in [1.82, 2.24) is 0 Å². The van der Waals surface area contributed by atoms with Crippen molar-refractivity contribution < 1.29 is 9.18 Å². The Hall–Kier alpha value is -2.16. The molecule has 0 amide bonds. The summed E-state index contributed by atoms with van der Waals surface area (Å²) < 4.78 is 13.6. The van der Waals surface area contributed by atoms with Gasteiger partial charge in [0, 0.05) is 23.8 Å². The van der Waals surface area contributed by atoms with Crippen LogP contribution < -0.4 is 4.90 Å². The third-order valence-electron chi connectivity index (χ3n) is 3.19. The fraction of sp³-hybridized carbons (Fsp3) is 0.235. The second kappa shape index (κ2) is 6.33. The highest BCUT2D eigenvalue weighted by atomic mass is 19.1. The zero-order valence-electron chi connectivity index (χ0n) is 11.7. The summed E-state index contributed by atoms with van der Waals surface area (Å²) in [6.45, 7) is 4.78. The van der Waals surface area contributed by atoms with E-state index in [1.54, 1.807) is 6.07 Å². The number of anilines is 1. The fourth-order valence-corrected chi connectivity index (χ4v) is 2.18. The molecule has 0 aromatic heterocycles. The molecule has 0 radical (unpaired) electrons. The molecule has 0 aliphatic heterocycles. The minimum Gasteiger partial charge on any atom is -0.365 e. The van der Waals surface area contributed by atoms with E-state index in [-0.39, 0.29) is 11.9 Å². The number of rotatable bonds is 5. The number of nitrogens with zero attached hydrogens (tertiary/aromatic N) is 1. The number of carbonyl (C=O) groups excluding carboxylic acids is 1. The van der Waals surface area contributed by atoms with Crippen LogP contribution in [0.15, 0.2) is 48.5 Å². The van der Waals surface area contributed by atoms with Gasteiger partial charge in [-0.2, -0.15) is 0 Å². The topological polar surface area (TPSA) is 20.3 Å². The lowest BCUT2D eigenvalue weighted by Gasteiger charge is -2.29. The van der Waals surface area contributed by atoms with Crippen LogP contribution in [0.3, 0.4) is 0 Å². The Bertz CT molecular complexity index is 581. The molecule has 0 heterocycles. The van der Waals surface area contributed by atoms with Gasteiger partial charge in [0.05, 0.1) is 0 Å². The molecular weight excluding hydrogens is 253 g/mol. The van der Waals surface area contributed by atoms with E-state index < -0.39 is 0 Å². The Kier molecular flexibility index (Phi) is 4.51. The van der Waals surface area contributed by atoms with Gasteiger partial charge in [0.25, 0.3) is 0 Å². The molecule has 0 fully saturated rings. The Labute approximate surface area is 118 Å². The SMILES string of the molecule is CC(C)N(Cc1ccccc1)c1cc(F)cc(C=O)c1. The van der Waals surface area contributed by atoms with Gasteiger partial charge in [-0.25, -0.2) is 4.39 Å². The summed E-state index contributed by atoms with van der Waals surface area (Å²) in [6.07, 6.45) is 0.674. The number of benzene rings is 2. The monoisotopic (exact) mass is 271 g/mol. The van der Waals surface area contributed by atoms with Gasteiger partial charge in [-0.3, -0.25) is 4.79 Å². The maximum absolute atomic E-state index is 13.6. The molecule has 2 rings (SSSR count). The molecule has 0 saturated carbocycles. The Morgan fingerprint density at radius 1 is 1.15 bits per heavy atom. The molecule has 3 heteroatoms. The van der Waals surface area contributed by atoms with Gasteiger partial charge in [-0.1, -0.05) is 30.3 Å². The number of hydrogen-bond acceptors (Lipinski definition) is 2. The van der Waals surface area contributed by atoms with Crippen LogP contribution >= 0.6 is 0 Å². The minimum absolute atomic E-state index is 0.205. The van der Waals surface area contributed by atoms with E-state index in [0.29, 0.717) is 18.4 Å². The van der Waals surface area contributed by atoms with E-state index in [4.69, 9.17) is 0 Å². The predicted molar refractivity (Wildman–Crippen MR) is 79.5 cm³/mol.